The lowest BCUT2D eigenvalue weighted by atomic mass is 9.96. The highest BCUT2D eigenvalue weighted by molar-refractivity contribution is 7.89. The van der Waals surface area contributed by atoms with Crippen molar-refractivity contribution in [1.82, 2.24) is 14.3 Å². The van der Waals surface area contributed by atoms with Gasteiger partial charge in [-0.05, 0) is 68.1 Å². The average Bonchev–Trinajstić information content (AvgIpc) is 3.31. The average molecular weight is 521 g/mol. The van der Waals surface area contributed by atoms with Crippen LogP contribution in [0.2, 0.25) is 0 Å². The molecule has 0 aliphatic carbocycles. The second kappa shape index (κ2) is 10.1. The lowest BCUT2D eigenvalue weighted by molar-refractivity contribution is -0.123. The first kappa shape index (κ1) is 24.5. The Morgan fingerprint density at radius 2 is 1.78 bits per heavy atom. The second-order valence-corrected chi connectivity index (χ2v) is 12.2. The molecule has 0 bridgehead atoms. The molecule has 1 saturated heterocycles. The van der Waals surface area contributed by atoms with Crippen molar-refractivity contribution in [2.75, 3.05) is 18.0 Å². The Morgan fingerprint density at radius 3 is 2.47 bits per heavy atom. The number of pyridine rings is 1. The smallest absolute Gasteiger partial charge is 0.243 e. The van der Waals surface area contributed by atoms with Crippen LogP contribution in [0.15, 0.2) is 71.9 Å². The number of aryl methyl sites for hydroxylation is 2. The van der Waals surface area contributed by atoms with Crippen molar-refractivity contribution in [2.45, 2.75) is 38.1 Å². The largest absolute Gasteiger partial charge is 0.283 e. The number of fused-ring (bicyclic) bond motifs is 1. The van der Waals surface area contributed by atoms with Gasteiger partial charge in [-0.15, -0.1) is 0 Å². The standard InChI is InChI=1S/C27H28N4O3S2/c1-19-5-8-23(9-6-19)36(33,34)30-14-11-22(12-15-30)26(32)31(18-21-4-3-13-28-17-21)27-29-24-10-7-20(2)16-25(24)35-27/h3-10,13,16-17,22H,11-12,14-15,18H2,1-2H3. The zero-order valence-electron chi connectivity index (χ0n) is 20.3. The maximum absolute atomic E-state index is 13.8. The van der Waals surface area contributed by atoms with E-state index in [1.807, 2.05) is 38.1 Å². The summed E-state index contributed by atoms with van der Waals surface area (Å²) in [5.41, 5.74) is 3.94. The van der Waals surface area contributed by atoms with Crippen LogP contribution < -0.4 is 4.90 Å². The molecule has 3 heterocycles. The summed E-state index contributed by atoms with van der Waals surface area (Å²) in [7, 11) is -3.58. The van der Waals surface area contributed by atoms with Gasteiger partial charge in [0.15, 0.2) is 5.13 Å². The van der Waals surface area contributed by atoms with E-state index in [9.17, 15) is 13.2 Å². The molecule has 2 aromatic heterocycles. The topological polar surface area (TPSA) is 83.5 Å². The lowest BCUT2D eigenvalue weighted by Crippen LogP contribution is -2.44. The van der Waals surface area contributed by atoms with Gasteiger partial charge in [0.25, 0.3) is 0 Å². The maximum atomic E-state index is 13.8. The van der Waals surface area contributed by atoms with E-state index in [2.05, 4.69) is 11.1 Å². The summed E-state index contributed by atoms with van der Waals surface area (Å²) >= 11 is 1.50. The summed E-state index contributed by atoms with van der Waals surface area (Å²) in [5.74, 6) is -0.304. The minimum absolute atomic E-state index is 0.0259. The van der Waals surface area contributed by atoms with Crippen LogP contribution in [0, 0.1) is 19.8 Å². The fourth-order valence-electron chi connectivity index (χ4n) is 4.47. The van der Waals surface area contributed by atoms with Crippen LogP contribution in [-0.2, 0) is 21.4 Å². The van der Waals surface area contributed by atoms with E-state index in [0.29, 0.717) is 42.5 Å². The second-order valence-electron chi connectivity index (χ2n) is 9.24. The van der Waals surface area contributed by atoms with Crippen LogP contribution >= 0.6 is 11.3 Å². The van der Waals surface area contributed by atoms with Crippen molar-refractivity contribution in [2.24, 2.45) is 5.92 Å². The number of hydrogen-bond acceptors (Lipinski definition) is 6. The van der Waals surface area contributed by atoms with Crippen LogP contribution in [0.3, 0.4) is 0 Å². The number of benzene rings is 2. The monoisotopic (exact) mass is 520 g/mol. The Balaban J connectivity index is 1.37. The SMILES string of the molecule is Cc1ccc(S(=O)(=O)N2CCC(C(=O)N(Cc3cccnc3)c3nc4ccc(C)cc4s3)CC2)cc1. The van der Waals surface area contributed by atoms with Gasteiger partial charge in [0, 0.05) is 31.4 Å². The molecule has 0 unspecified atom stereocenters. The van der Waals surface area contributed by atoms with E-state index in [4.69, 9.17) is 4.98 Å². The van der Waals surface area contributed by atoms with E-state index in [1.165, 1.54) is 15.6 Å². The summed E-state index contributed by atoms with van der Waals surface area (Å²) in [5, 5.41) is 0.652. The molecule has 1 amide bonds. The number of amides is 1. The predicted octanol–water partition coefficient (Wildman–Crippen LogP) is 4.94. The highest BCUT2D eigenvalue weighted by Crippen LogP contribution is 2.33. The number of piperidine rings is 1. The first-order valence-electron chi connectivity index (χ1n) is 12.0. The molecule has 36 heavy (non-hydrogen) atoms. The van der Waals surface area contributed by atoms with Gasteiger partial charge >= 0.3 is 0 Å². The third-order valence-corrected chi connectivity index (χ3v) is 9.51. The maximum Gasteiger partial charge on any atom is 0.243 e. The molecule has 5 rings (SSSR count). The Morgan fingerprint density at radius 1 is 1.06 bits per heavy atom. The number of carbonyl (C=O) groups excluding carboxylic acids is 1. The highest BCUT2D eigenvalue weighted by atomic mass is 32.2. The minimum Gasteiger partial charge on any atom is -0.283 e. The number of aromatic nitrogens is 2. The molecule has 0 spiro atoms. The van der Waals surface area contributed by atoms with Gasteiger partial charge in [-0.3, -0.25) is 14.7 Å². The molecule has 1 aliphatic heterocycles. The molecule has 0 radical (unpaired) electrons. The van der Waals surface area contributed by atoms with Gasteiger partial charge in [-0.2, -0.15) is 4.31 Å². The number of sulfonamides is 1. The normalized spacial score (nSPS) is 15.3. The zero-order valence-corrected chi connectivity index (χ0v) is 21.9. The van der Waals surface area contributed by atoms with Crippen molar-refractivity contribution in [3.05, 3.63) is 83.7 Å². The molecule has 1 fully saturated rings. The summed E-state index contributed by atoms with van der Waals surface area (Å²) < 4.78 is 28.8. The minimum atomic E-state index is -3.58. The Labute approximate surface area is 215 Å². The van der Waals surface area contributed by atoms with Crippen LogP contribution in [-0.4, -0.2) is 41.7 Å². The molecule has 1 aliphatic rings. The molecule has 0 atom stereocenters. The zero-order chi connectivity index (χ0) is 25.3. The Kier molecular flexibility index (Phi) is 6.87. The third kappa shape index (κ3) is 5.04. The lowest BCUT2D eigenvalue weighted by Gasteiger charge is -2.33. The third-order valence-electron chi connectivity index (χ3n) is 6.55. The molecule has 4 aromatic rings. The summed E-state index contributed by atoms with van der Waals surface area (Å²) in [6.07, 6.45) is 4.41. The predicted molar refractivity (Wildman–Crippen MR) is 142 cm³/mol. The number of hydrogen-bond donors (Lipinski definition) is 0. The van der Waals surface area contributed by atoms with Gasteiger partial charge in [0.2, 0.25) is 15.9 Å². The van der Waals surface area contributed by atoms with Gasteiger partial charge in [-0.25, -0.2) is 13.4 Å². The van der Waals surface area contributed by atoms with E-state index in [0.717, 1.165) is 26.9 Å². The number of thiazole rings is 1. The highest BCUT2D eigenvalue weighted by Gasteiger charge is 2.35. The van der Waals surface area contributed by atoms with Crippen molar-refractivity contribution in [3.8, 4) is 0 Å². The number of carbonyl (C=O) groups is 1. The summed E-state index contributed by atoms with van der Waals surface area (Å²) in [6.45, 7) is 4.96. The quantitative estimate of drug-likeness (QED) is 0.360. The molecule has 0 N–H and O–H groups in total. The first-order valence-corrected chi connectivity index (χ1v) is 14.2. The number of nitrogens with zero attached hydrogens (tertiary/aromatic N) is 4. The fraction of sp³-hybridized carbons (Fsp3) is 0.296. The van der Waals surface area contributed by atoms with E-state index in [-0.39, 0.29) is 11.8 Å². The van der Waals surface area contributed by atoms with Crippen molar-refractivity contribution < 1.29 is 13.2 Å². The van der Waals surface area contributed by atoms with Gasteiger partial charge < -0.3 is 0 Å². The van der Waals surface area contributed by atoms with Gasteiger partial charge in [0.05, 0.1) is 21.7 Å². The Hall–Kier alpha value is -3.14. The molecular formula is C27H28N4O3S2. The van der Waals surface area contributed by atoms with E-state index < -0.39 is 10.0 Å². The molecule has 9 heteroatoms. The van der Waals surface area contributed by atoms with E-state index in [1.54, 1.807) is 41.6 Å². The number of anilines is 1. The number of rotatable bonds is 6. The van der Waals surface area contributed by atoms with Crippen molar-refractivity contribution in [3.63, 3.8) is 0 Å². The fourth-order valence-corrected chi connectivity index (χ4v) is 7.01. The van der Waals surface area contributed by atoms with E-state index >= 15 is 0 Å². The van der Waals surface area contributed by atoms with Crippen LogP contribution in [0.5, 0.6) is 0 Å². The Bertz CT molecular complexity index is 1480. The van der Waals surface area contributed by atoms with Crippen LogP contribution in [0.4, 0.5) is 5.13 Å². The van der Waals surface area contributed by atoms with Gasteiger partial charge in [-0.1, -0.05) is 41.2 Å². The van der Waals surface area contributed by atoms with Crippen LogP contribution in [0.1, 0.15) is 29.5 Å². The van der Waals surface area contributed by atoms with Crippen molar-refractivity contribution in [1.29, 1.82) is 0 Å². The molecular weight excluding hydrogens is 492 g/mol. The molecule has 7 nitrogen and oxygen atoms in total. The van der Waals surface area contributed by atoms with Gasteiger partial charge in [0.1, 0.15) is 0 Å². The molecule has 0 saturated carbocycles. The van der Waals surface area contributed by atoms with Crippen molar-refractivity contribution >= 4 is 42.6 Å². The summed E-state index contributed by atoms with van der Waals surface area (Å²) in [6, 6.07) is 16.8. The summed E-state index contributed by atoms with van der Waals surface area (Å²) in [4.78, 5) is 24.8. The first-order chi connectivity index (χ1) is 17.3. The molecule has 186 valence electrons. The van der Waals surface area contributed by atoms with Crippen LogP contribution in [0.25, 0.3) is 10.2 Å². The molecule has 2 aromatic carbocycles.